The molecule has 31 heavy (non-hydrogen) atoms. The number of hydrogen-bond donors (Lipinski definition) is 0. The fourth-order valence-corrected chi connectivity index (χ4v) is 4.37. The van der Waals surface area contributed by atoms with Gasteiger partial charge in [-0.25, -0.2) is 12.8 Å². The predicted octanol–water partition coefficient (Wildman–Crippen LogP) is 4.33. The zero-order chi connectivity index (χ0) is 22.6. The molecule has 0 radical (unpaired) electrons. The first-order valence-corrected chi connectivity index (χ1v) is 11.0. The van der Waals surface area contributed by atoms with Gasteiger partial charge in [0, 0.05) is 24.8 Å². The molecule has 0 aliphatic carbocycles. The molecule has 3 aromatic rings. The van der Waals surface area contributed by atoms with Gasteiger partial charge in [0.1, 0.15) is 11.6 Å². The van der Waals surface area contributed by atoms with E-state index in [-0.39, 0.29) is 16.6 Å². The van der Waals surface area contributed by atoms with Crippen molar-refractivity contribution in [2.24, 2.45) is 0 Å². The van der Waals surface area contributed by atoms with E-state index in [2.05, 4.69) is 0 Å². The average molecular weight is 443 g/mol. The maximum Gasteiger partial charge on any atom is 0.264 e. The number of methoxy groups -OCH3 is 1. The third-order valence-electron chi connectivity index (χ3n) is 4.88. The normalized spacial score (nSPS) is 11.1. The second-order valence-electron chi connectivity index (χ2n) is 6.69. The number of amides is 1. The molecule has 6 nitrogen and oxygen atoms in total. The van der Waals surface area contributed by atoms with Crippen LogP contribution in [-0.4, -0.2) is 35.0 Å². The van der Waals surface area contributed by atoms with Crippen LogP contribution in [0.3, 0.4) is 0 Å². The number of rotatable bonds is 7. The summed E-state index contributed by atoms with van der Waals surface area (Å²) in [6.07, 6.45) is 0. The lowest BCUT2D eigenvalue weighted by molar-refractivity contribution is 0.0988. The van der Waals surface area contributed by atoms with Gasteiger partial charge in [-0.05, 0) is 67.6 Å². The summed E-state index contributed by atoms with van der Waals surface area (Å²) in [4.78, 5) is 14.5. The van der Waals surface area contributed by atoms with Crippen molar-refractivity contribution in [2.45, 2.75) is 11.8 Å². The van der Waals surface area contributed by atoms with E-state index in [0.29, 0.717) is 29.2 Å². The van der Waals surface area contributed by atoms with Gasteiger partial charge in [0.2, 0.25) is 0 Å². The quantitative estimate of drug-likeness (QED) is 0.546. The van der Waals surface area contributed by atoms with Crippen molar-refractivity contribution in [3.05, 3.63) is 84.2 Å². The van der Waals surface area contributed by atoms with Crippen molar-refractivity contribution in [1.29, 1.82) is 0 Å². The van der Waals surface area contributed by atoms with Crippen molar-refractivity contribution < 1.29 is 22.3 Å². The van der Waals surface area contributed by atoms with E-state index in [1.807, 2.05) is 6.92 Å². The van der Waals surface area contributed by atoms with Gasteiger partial charge >= 0.3 is 0 Å². The summed E-state index contributed by atoms with van der Waals surface area (Å²) in [5, 5.41) is 0. The van der Waals surface area contributed by atoms with Gasteiger partial charge in [0.15, 0.2) is 0 Å². The Hall–Kier alpha value is -3.39. The van der Waals surface area contributed by atoms with Crippen LogP contribution < -0.4 is 13.9 Å². The average Bonchev–Trinajstić information content (AvgIpc) is 2.80. The maximum atomic E-state index is 13.2. The summed E-state index contributed by atoms with van der Waals surface area (Å²) in [7, 11) is -0.946. The fourth-order valence-electron chi connectivity index (χ4n) is 3.17. The molecular formula is C23H23FN2O4S. The minimum atomic E-state index is -3.86. The molecule has 0 aromatic heterocycles. The summed E-state index contributed by atoms with van der Waals surface area (Å²) in [6.45, 7) is 2.18. The van der Waals surface area contributed by atoms with Gasteiger partial charge in [-0.3, -0.25) is 9.10 Å². The van der Waals surface area contributed by atoms with E-state index in [9.17, 15) is 17.6 Å². The van der Waals surface area contributed by atoms with E-state index >= 15 is 0 Å². The fraction of sp³-hybridized carbons (Fsp3) is 0.174. The lowest BCUT2D eigenvalue weighted by Gasteiger charge is -2.23. The van der Waals surface area contributed by atoms with Crippen molar-refractivity contribution in [3.63, 3.8) is 0 Å². The monoisotopic (exact) mass is 442 g/mol. The number of nitrogens with zero attached hydrogens (tertiary/aromatic N) is 2. The minimum absolute atomic E-state index is 0.0438. The van der Waals surface area contributed by atoms with Crippen LogP contribution in [0.15, 0.2) is 77.7 Å². The van der Waals surface area contributed by atoms with E-state index in [1.54, 1.807) is 24.3 Å². The van der Waals surface area contributed by atoms with E-state index in [4.69, 9.17) is 4.74 Å². The Morgan fingerprint density at radius 3 is 2.16 bits per heavy atom. The highest BCUT2D eigenvalue weighted by molar-refractivity contribution is 7.92. The van der Waals surface area contributed by atoms with Crippen molar-refractivity contribution in [2.75, 3.05) is 29.9 Å². The topological polar surface area (TPSA) is 66.9 Å². The predicted molar refractivity (Wildman–Crippen MR) is 119 cm³/mol. The Balaban J connectivity index is 1.87. The first kappa shape index (κ1) is 22.3. The van der Waals surface area contributed by atoms with Gasteiger partial charge in [0.05, 0.1) is 17.7 Å². The van der Waals surface area contributed by atoms with Gasteiger partial charge in [-0.2, -0.15) is 0 Å². The van der Waals surface area contributed by atoms with Crippen LogP contribution in [0.5, 0.6) is 5.75 Å². The molecule has 0 saturated carbocycles. The van der Waals surface area contributed by atoms with Gasteiger partial charge in [0.25, 0.3) is 15.9 Å². The lowest BCUT2D eigenvalue weighted by atomic mass is 10.2. The molecule has 0 bridgehead atoms. The van der Waals surface area contributed by atoms with Gasteiger partial charge in [-0.1, -0.05) is 12.1 Å². The Bertz CT molecular complexity index is 1160. The van der Waals surface area contributed by atoms with E-state index in [0.717, 1.165) is 4.31 Å². The Kier molecular flexibility index (Phi) is 6.60. The number of anilines is 2. The summed E-state index contributed by atoms with van der Waals surface area (Å²) in [6, 6.07) is 18.2. The first-order valence-electron chi connectivity index (χ1n) is 9.59. The Labute approximate surface area is 181 Å². The van der Waals surface area contributed by atoms with Crippen LogP contribution in [0.4, 0.5) is 15.8 Å². The van der Waals surface area contributed by atoms with Crippen LogP contribution in [-0.2, 0) is 10.0 Å². The van der Waals surface area contributed by atoms with Crippen LogP contribution in [0.1, 0.15) is 17.3 Å². The highest BCUT2D eigenvalue weighted by Crippen LogP contribution is 2.31. The maximum absolute atomic E-state index is 13.2. The molecule has 1 amide bonds. The second kappa shape index (κ2) is 9.18. The van der Waals surface area contributed by atoms with Crippen LogP contribution in [0.25, 0.3) is 0 Å². The summed E-state index contributed by atoms with van der Waals surface area (Å²) >= 11 is 0. The molecule has 0 saturated heterocycles. The highest BCUT2D eigenvalue weighted by Gasteiger charge is 2.24. The molecule has 0 aliphatic rings. The number of carbonyl (C=O) groups excluding carboxylic acids is 1. The standard InChI is InChI=1S/C23H23FN2O4S/c1-4-26(19-13-11-18(24)12-14-19)23(27)17-9-15-20(16-10-17)31(28,29)25(2)21-7-5-6-8-22(21)30-3/h5-16H,4H2,1-3H3. The SMILES string of the molecule is CCN(C(=O)c1ccc(S(=O)(=O)N(C)c2ccccc2OC)cc1)c1ccc(F)cc1. The molecule has 0 aliphatic heterocycles. The third kappa shape index (κ3) is 4.54. The number of para-hydroxylation sites is 2. The van der Waals surface area contributed by atoms with Crippen LogP contribution in [0, 0.1) is 5.82 Å². The number of hydrogen-bond acceptors (Lipinski definition) is 4. The molecule has 0 spiro atoms. The van der Waals surface area contributed by atoms with Crippen molar-refractivity contribution in [1.82, 2.24) is 0 Å². The molecule has 3 rings (SSSR count). The molecule has 8 heteroatoms. The number of halogens is 1. The van der Waals surface area contributed by atoms with E-state index in [1.165, 1.54) is 67.6 Å². The van der Waals surface area contributed by atoms with Crippen molar-refractivity contribution >= 4 is 27.3 Å². The largest absolute Gasteiger partial charge is 0.495 e. The zero-order valence-electron chi connectivity index (χ0n) is 17.4. The second-order valence-corrected chi connectivity index (χ2v) is 8.66. The zero-order valence-corrected chi connectivity index (χ0v) is 18.3. The molecule has 0 heterocycles. The van der Waals surface area contributed by atoms with Crippen LogP contribution >= 0.6 is 0 Å². The van der Waals surface area contributed by atoms with E-state index < -0.39 is 10.0 Å². The summed E-state index contributed by atoms with van der Waals surface area (Å²) in [5.41, 5.74) is 1.28. The number of sulfonamides is 1. The molecule has 0 atom stereocenters. The molecular weight excluding hydrogens is 419 g/mol. The van der Waals surface area contributed by atoms with Gasteiger partial charge in [-0.15, -0.1) is 0 Å². The Morgan fingerprint density at radius 1 is 0.968 bits per heavy atom. The highest BCUT2D eigenvalue weighted by atomic mass is 32.2. The Morgan fingerprint density at radius 2 is 1.58 bits per heavy atom. The molecule has 0 unspecified atom stereocenters. The molecule has 162 valence electrons. The lowest BCUT2D eigenvalue weighted by Crippen LogP contribution is -2.31. The number of carbonyl (C=O) groups is 1. The third-order valence-corrected chi connectivity index (χ3v) is 6.67. The smallest absolute Gasteiger partial charge is 0.264 e. The van der Waals surface area contributed by atoms with Crippen LogP contribution in [0.2, 0.25) is 0 Å². The number of ether oxygens (including phenoxy) is 1. The molecule has 0 fully saturated rings. The first-order chi connectivity index (χ1) is 14.8. The minimum Gasteiger partial charge on any atom is -0.495 e. The van der Waals surface area contributed by atoms with Crippen molar-refractivity contribution in [3.8, 4) is 5.75 Å². The molecule has 3 aromatic carbocycles. The van der Waals surface area contributed by atoms with Gasteiger partial charge < -0.3 is 9.64 Å². The molecule has 0 N–H and O–H groups in total. The summed E-state index contributed by atoms with van der Waals surface area (Å²) < 4.78 is 45.7. The number of benzene rings is 3. The summed E-state index contributed by atoms with van der Waals surface area (Å²) in [5.74, 6) is -0.268.